The molecule has 0 radical (unpaired) electrons. The van der Waals surface area contributed by atoms with Crippen molar-refractivity contribution in [1.82, 2.24) is 0 Å². The molecule has 2 heteroatoms. The normalized spacial score (nSPS) is 14.5. The van der Waals surface area contributed by atoms with Crippen LogP contribution in [0.2, 0.25) is 18.1 Å². The molecule has 0 aliphatic heterocycles. The van der Waals surface area contributed by atoms with Gasteiger partial charge in [0, 0.05) is 6.61 Å². The summed E-state index contributed by atoms with van der Waals surface area (Å²) >= 11 is 0. The van der Waals surface area contributed by atoms with E-state index in [1.165, 1.54) is 24.8 Å². The number of rotatable bonds is 9. The molecule has 1 nitrogen and oxygen atoms in total. The first-order valence-corrected chi connectivity index (χ1v) is 11.2. The predicted molar refractivity (Wildman–Crippen MR) is 94.8 cm³/mol. The van der Waals surface area contributed by atoms with Crippen LogP contribution in [0.15, 0.2) is 11.6 Å². The van der Waals surface area contributed by atoms with Gasteiger partial charge in [-0.2, -0.15) is 0 Å². The van der Waals surface area contributed by atoms with Crippen LogP contribution >= 0.6 is 0 Å². The first-order valence-electron chi connectivity index (χ1n) is 8.28. The van der Waals surface area contributed by atoms with E-state index in [0.717, 1.165) is 12.5 Å². The summed E-state index contributed by atoms with van der Waals surface area (Å²) in [4.78, 5) is 0. The predicted octanol–water partition coefficient (Wildman–Crippen LogP) is 6.42. The largest absolute Gasteiger partial charge is 0.417 e. The zero-order valence-corrected chi connectivity index (χ0v) is 16.5. The molecule has 0 fully saturated rings. The van der Waals surface area contributed by atoms with Gasteiger partial charge in [0.15, 0.2) is 8.32 Å². The van der Waals surface area contributed by atoms with Gasteiger partial charge in [-0.1, -0.05) is 46.3 Å². The van der Waals surface area contributed by atoms with E-state index in [1.54, 1.807) is 0 Å². The van der Waals surface area contributed by atoms with E-state index in [-0.39, 0.29) is 0 Å². The molecule has 0 saturated carbocycles. The second-order valence-corrected chi connectivity index (χ2v) is 12.6. The van der Waals surface area contributed by atoms with Gasteiger partial charge in [0.05, 0.1) is 0 Å². The highest BCUT2D eigenvalue weighted by atomic mass is 28.4. The van der Waals surface area contributed by atoms with Gasteiger partial charge in [0.2, 0.25) is 0 Å². The minimum atomic E-state index is -1.61. The lowest BCUT2D eigenvalue weighted by atomic mass is 9.99. The molecule has 0 bridgehead atoms. The van der Waals surface area contributed by atoms with Gasteiger partial charge >= 0.3 is 0 Å². The summed E-state index contributed by atoms with van der Waals surface area (Å²) in [5.41, 5.74) is 1.43. The van der Waals surface area contributed by atoms with Crippen molar-refractivity contribution in [2.24, 2.45) is 11.8 Å². The van der Waals surface area contributed by atoms with Crippen molar-refractivity contribution < 1.29 is 4.43 Å². The molecule has 0 spiro atoms. The molecule has 0 aliphatic carbocycles. The monoisotopic (exact) mass is 298 g/mol. The third kappa shape index (κ3) is 6.58. The van der Waals surface area contributed by atoms with E-state index in [1.807, 2.05) is 0 Å². The molecule has 1 atom stereocenters. The summed E-state index contributed by atoms with van der Waals surface area (Å²) in [6.07, 6.45) is 6.03. The second kappa shape index (κ2) is 8.38. The van der Waals surface area contributed by atoms with E-state index in [9.17, 15) is 0 Å². The zero-order chi connectivity index (χ0) is 16.0. The van der Waals surface area contributed by atoms with Gasteiger partial charge in [0.25, 0.3) is 0 Å². The standard InChI is InChI=1S/C18H38OSi/c1-15(2)12-13-17(5)11-10-14-19-20(8,9)18(6,7)16(3)4/h12,16-17H,10-11,13-14H2,1-9H3. The Morgan fingerprint density at radius 1 is 1.15 bits per heavy atom. The van der Waals surface area contributed by atoms with Crippen LogP contribution < -0.4 is 0 Å². The second-order valence-electron chi connectivity index (χ2n) is 8.00. The third-order valence-electron chi connectivity index (χ3n) is 5.23. The molecule has 0 aromatic heterocycles. The van der Waals surface area contributed by atoms with E-state index >= 15 is 0 Å². The minimum Gasteiger partial charge on any atom is -0.417 e. The van der Waals surface area contributed by atoms with Crippen LogP contribution in [0.4, 0.5) is 0 Å². The minimum absolute atomic E-state index is 0.334. The molecular weight excluding hydrogens is 260 g/mol. The fourth-order valence-corrected chi connectivity index (χ4v) is 4.61. The summed E-state index contributed by atoms with van der Waals surface area (Å²) < 4.78 is 6.36. The summed E-state index contributed by atoms with van der Waals surface area (Å²) in [5.74, 6) is 1.46. The van der Waals surface area contributed by atoms with E-state index in [4.69, 9.17) is 4.43 Å². The van der Waals surface area contributed by atoms with E-state index in [0.29, 0.717) is 11.0 Å². The van der Waals surface area contributed by atoms with Crippen LogP contribution in [0.1, 0.15) is 67.7 Å². The molecule has 0 N–H and O–H groups in total. The average Bonchev–Trinajstić information content (AvgIpc) is 2.31. The van der Waals surface area contributed by atoms with Crippen molar-refractivity contribution in [2.75, 3.05) is 6.61 Å². The number of hydrogen-bond acceptors (Lipinski definition) is 1. The topological polar surface area (TPSA) is 9.23 Å². The SMILES string of the molecule is CC(C)=CCC(C)CCCO[Si](C)(C)C(C)(C)C(C)C. The van der Waals surface area contributed by atoms with Crippen molar-refractivity contribution in [2.45, 2.75) is 85.9 Å². The van der Waals surface area contributed by atoms with E-state index in [2.05, 4.69) is 67.6 Å². The van der Waals surface area contributed by atoms with Crippen molar-refractivity contribution in [3.05, 3.63) is 11.6 Å². The van der Waals surface area contributed by atoms with Gasteiger partial charge < -0.3 is 4.43 Å². The Hall–Kier alpha value is -0.0831. The molecule has 0 heterocycles. The molecule has 0 amide bonds. The van der Waals surface area contributed by atoms with Gasteiger partial charge in [0.1, 0.15) is 0 Å². The molecule has 0 aromatic rings. The van der Waals surface area contributed by atoms with Crippen LogP contribution in [0.25, 0.3) is 0 Å². The van der Waals surface area contributed by atoms with Crippen molar-refractivity contribution in [1.29, 1.82) is 0 Å². The highest BCUT2D eigenvalue weighted by molar-refractivity contribution is 6.74. The molecule has 0 rings (SSSR count). The lowest BCUT2D eigenvalue weighted by Crippen LogP contribution is -2.45. The first-order chi connectivity index (χ1) is 9.00. The number of allylic oxidation sites excluding steroid dienone is 2. The molecule has 120 valence electrons. The maximum absolute atomic E-state index is 6.36. The highest BCUT2D eigenvalue weighted by Crippen LogP contribution is 2.44. The number of hydrogen-bond donors (Lipinski definition) is 0. The third-order valence-corrected chi connectivity index (χ3v) is 9.83. The summed E-state index contributed by atoms with van der Waals surface area (Å²) in [7, 11) is -1.61. The van der Waals surface area contributed by atoms with Gasteiger partial charge in [-0.3, -0.25) is 0 Å². The average molecular weight is 299 g/mol. The van der Waals surface area contributed by atoms with Crippen LogP contribution in [0, 0.1) is 11.8 Å². The summed E-state index contributed by atoms with van der Waals surface area (Å²) in [5, 5.41) is 0.334. The molecule has 20 heavy (non-hydrogen) atoms. The first kappa shape index (κ1) is 19.9. The van der Waals surface area contributed by atoms with Gasteiger partial charge in [-0.05, 0) is 63.1 Å². The highest BCUT2D eigenvalue weighted by Gasteiger charge is 2.42. The summed E-state index contributed by atoms with van der Waals surface area (Å²) in [6, 6.07) is 0. The quantitative estimate of drug-likeness (QED) is 0.271. The smallest absolute Gasteiger partial charge is 0.192 e. The fourth-order valence-electron chi connectivity index (χ4n) is 2.20. The maximum Gasteiger partial charge on any atom is 0.192 e. The van der Waals surface area contributed by atoms with Gasteiger partial charge in [-0.15, -0.1) is 0 Å². The summed E-state index contributed by atoms with van der Waals surface area (Å²) in [6.45, 7) is 21.8. The van der Waals surface area contributed by atoms with Gasteiger partial charge in [-0.25, -0.2) is 0 Å². The molecule has 0 aromatic carbocycles. The Kier molecular flexibility index (Phi) is 8.35. The van der Waals surface area contributed by atoms with Crippen LogP contribution in [0.5, 0.6) is 0 Å². The molecular formula is C18H38OSi. The lowest BCUT2D eigenvalue weighted by molar-refractivity contribution is 0.253. The van der Waals surface area contributed by atoms with Crippen LogP contribution in [-0.4, -0.2) is 14.9 Å². The fraction of sp³-hybridized carbons (Fsp3) is 0.889. The zero-order valence-electron chi connectivity index (χ0n) is 15.5. The Morgan fingerprint density at radius 3 is 2.15 bits per heavy atom. The lowest BCUT2D eigenvalue weighted by Gasteiger charge is -2.42. The van der Waals surface area contributed by atoms with E-state index < -0.39 is 8.32 Å². The Morgan fingerprint density at radius 2 is 1.70 bits per heavy atom. The van der Waals surface area contributed by atoms with Crippen molar-refractivity contribution in [3.63, 3.8) is 0 Å². The molecule has 0 saturated heterocycles. The van der Waals surface area contributed by atoms with Crippen molar-refractivity contribution >= 4 is 8.32 Å². The van der Waals surface area contributed by atoms with Crippen LogP contribution in [-0.2, 0) is 4.43 Å². The Balaban J connectivity index is 4.09. The van der Waals surface area contributed by atoms with Crippen molar-refractivity contribution in [3.8, 4) is 0 Å². The molecule has 0 aliphatic rings. The Labute approximate surface area is 129 Å². The Bertz CT molecular complexity index is 299. The maximum atomic E-state index is 6.36. The molecule has 1 unspecified atom stereocenters. The van der Waals surface area contributed by atoms with Crippen LogP contribution in [0.3, 0.4) is 0 Å².